The van der Waals surface area contributed by atoms with Crippen molar-refractivity contribution in [2.75, 3.05) is 26.3 Å². The zero-order chi connectivity index (χ0) is 21.2. The van der Waals surface area contributed by atoms with Crippen molar-refractivity contribution in [1.82, 2.24) is 9.62 Å². The number of carbonyl (C=O) groups excluding carboxylic acids is 1. The van der Waals surface area contributed by atoms with Gasteiger partial charge in [0.25, 0.3) is 5.91 Å². The van der Waals surface area contributed by atoms with Gasteiger partial charge in [-0.2, -0.15) is 4.31 Å². The van der Waals surface area contributed by atoms with Crippen LogP contribution < -0.4 is 5.32 Å². The Balaban J connectivity index is 1.84. The Bertz CT molecular complexity index is 1020. The van der Waals surface area contributed by atoms with Crippen LogP contribution in [0.4, 0.5) is 0 Å². The van der Waals surface area contributed by atoms with Crippen molar-refractivity contribution in [1.29, 1.82) is 0 Å². The first-order chi connectivity index (χ1) is 13.7. The maximum absolute atomic E-state index is 12.9. The van der Waals surface area contributed by atoms with Gasteiger partial charge in [0.15, 0.2) is 0 Å². The van der Waals surface area contributed by atoms with Crippen molar-refractivity contribution in [3.63, 3.8) is 0 Å². The van der Waals surface area contributed by atoms with E-state index < -0.39 is 15.9 Å². The third kappa shape index (κ3) is 4.80. The topological polar surface area (TPSA) is 75.7 Å². The first-order valence-corrected chi connectivity index (χ1v) is 11.3. The van der Waals surface area contributed by atoms with Crippen LogP contribution in [0.3, 0.4) is 0 Å². The number of morpholine rings is 1. The molecule has 0 bridgehead atoms. The molecule has 0 saturated carbocycles. The van der Waals surface area contributed by atoms with Crippen LogP contribution in [0.1, 0.15) is 40.0 Å². The molecule has 0 radical (unpaired) electrons. The van der Waals surface area contributed by atoms with Crippen LogP contribution in [0, 0.1) is 13.8 Å². The molecule has 2 aromatic carbocycles. The maximum Gasteiger partial charge on any atom is 0.253 e. The smallest absolute Gasteiger partial charge is 0.253 e. The molecular weight excluding hydrogens is 412 g/mol. The summed E-state index contributed by atoms with van der Waals surface area (Å²) in [5, 5.41) is 3.12. The number of benzene rings is 2. The lowest BCUT2D eigenvalue weighted by Gasteiger charge is -2.26. The molecule has 1 amide bonds. The number of sulfonamides is 1. The summed E-state index contributed by atoms with van der Waals surface area (Å²) in [6, 6.07) is 10.0. The van der Waals surface area contributed by atoms with E-state index in [9.17, 15) is 13.2 Å². The molecule has 1 saturated heterocycles. The van der Waals surface area contributed by atoms with Crippen LogP contribution >= 0.6 is 11.6 Å². The number of rotatable bonds is 5. The number of halogens is 1. The van der Waals surface area contributed by atoms with Crippen LogP contribution in [-0.4, -0.2) is 44.9 Å². The number of nitrogens with zero attached hydrogens (tertiary/aromatic N) is 1. The fourth-order valence-electron chi connectivity index (χ4n) is 3.44. The molecule has 1 heterocycles. The Kier molecular flexibility index (Phi) is 6.63. The molecule has 0 aliphatic carbocycles. The van der Waals surface area contributed by atoms with Gasteiger partial charge in [0, 0.05) is 13.1 Å². The maximum atomic E-state index is 12.9. The molecule has 0 unspecified atom stereocenters. The molecule has 1 aliphatic rings. The van der Waals surface area contributed by atoms with E-state index >= 15 is 0 Å². The largest absolute Gasteiger partial charge is 0.379 e. The van der Waals surface area contributed by atoms with Crippen LogP contribution in [0.5, 0.6) is 0 Å². The summed E-state index contributed by atoms with van der Waals surface area (Å²) < 4.78 is 32.4. The van der Waals surface area contributed by atoms with Gasteiger partial charge in [-0.25, -0.2) is 8.42 Å². The van der Waals surface area contributed by atoms with E-state index in [1.165, 1.54) is 22.5 Å². The Morgan fingerprint density at radius 3 is 2.48 bits per heavy atom. The average Bonchev–Trinajstić information content (AvgIpc) is 2.68. The molecule has 1 aliphatic heterocycles. The minimum absolute atomic E-state index is 0.0492. The molecular formula is C21H25ClN2O4S. The zero-order valence-corrected chi connectivity index (χ0v) is 18.3. The summed E-state index contributed by atoms with van der Waals surface area (Å²) in [4.78, 5) is 12.9. The summed E-state index contributed by atoms with van der Waals surface area (Å²) in [6.07, 6.45) is 0. The van der Waals surface area contributed by atoms with E-state index in [2.05, 4.69) is 11.4 Å². The first kappa shape index (κ1) is 21.8. The van der Waals surface area contributed by atoms with Crippen LogP contribution in [-0.2, 0) is 14.8 Å². The van der Waals surface area contributed by atoms with Gasteiger partial charge in [0.1, 0.15) is 0 Å². The quantitative estimate of drug-likeness (QED) is 0.778. The summed E-state index contributed by atoms with van der Waals surface area (Å²) >= 11 is 6.22. The monoisotopic (exact) mass is 436 g/mol. The van der Waals surface area contributed by atoms with Crippen LogP contribution in [0.15, 0.2) is 41.3 Å². The van der Waals surface area contributed by atoms with Gasteiger partial charge >= 0.3 is 0 Å². The minimum atomic E-state index is -3.71. The molecule has 1 N–H and O–H groups in total. The molecule has 29 heavy (non-hydrogen) atoms. The van der Waals surface area contributed by atoms with E-state index in [-0.39, 0.29) is 34.6 Å². The van der Waals surface area contributed by atoms with E-state index in [1.807, 2.05) is 32.9 Å². The van der Waals surface area contributed by atoms with Crippen molar-refractivity contribution in [2.45, 2.75) is 31.7 Å². The normalized spacial score (nSPS) is 16.4. The molecule has 2 aromatic rings. The fraction of sp³-hybridized carbons (Fsp3) is 0.381. The highest BCUT2D eigenvalue weighted by Gasteiger charge is 2.28. The number of amides is 1. The lowest BCUT2D eigenvalue weighted by atomic mass is 10.00. The van der Waals surface area contributed by atoms with Crippen molar-refractivity contribution in [3.05, 3.63) is 63.7 Å². The molecule has 3 rings (SSSR count). The van der Waals surface area contributed by atoms with Crippen LogP contribution in [0.2, 0.25) is 5.02 Å². The molecule has 1 fully saturated rings. The average molecular weight is 437 g/mol. The standard InChI is InChI=1S/C21H25ClN2O4S/c1-14-4-6-18(15(2)12-14)16(3)23-21(25)19-13-17(5-7-20(19)22)29(26,27)24-8-10-28-11-9-24/h4-7,12-13,16H,8-11H2,1-3H3,(H,23,25)/t16-/m0/s1. The third-order valence-electron chi connectivity index (χ3n) is 5.03. The number of aryl methyl sites for hydroxylation is 2. The van der Waals surface area contributed by atoms with Gasteiger partial charge in [0.05, 0.1) is 34.7 Å². The van der Waals surface area contributed by atoms with E-state index in [0.29, 0.717) is 13.2 Å². The summed E-state index contributed by atoms with van der Waals surface area (Å²) in [6.45, 7) is 7.18. The van der Waals surface area contributed by atoms with E-state index in [0.717, 1.165) is 16.7 Å². The molecule has 1 atom stereocenters. The number of hydrogen-bond donors (Lipinski definition) is 1. The van der Waals surface area contributed by atoms with Crippen molar-refractivity contribution >= 4 is 27.5 Å². The molecule has 8 heteroatoms. The number of ether oxygens (including phenoxy) is 1. The Labute approximate surface area is 176 Å². The van der Waals surface area contributed by atoms with Crippen molar-refractivity contribution in [2.24, 2.45) is 0 Å². The highest BCUT2D eigenvalue weighted by molar-refractivity contribution is 7.89. The van der Waals surface area contributed by atoms with Gasteiger partial charge < -0.3 is 10.1 Å². The van der Waals surface area contributed by atoms with Gasteiger partial charge in [-0.3, -0.25) is 4.79 Å². The van der Waals surface area contributed by atoms with Gasteiger partial charge in [-0.05, 0) is 50.1 Å². The Hall–Kier alpha value is -1.93. The lowest BCUT2D eigenvalue weighted by molar-refractivity contribution is 0.0730. The first-order valence-electron chi connectivity index (χ1n) is 9.45. The highest BCUT2D eigenvalue weighted by Crippen LogP contribution is 2.25. The number of nitrogens with one attached hydrogen (secondary N) is 1. The summed E-state index contributed by atoms with van der Waals surface area (Å²) in [5.41, 5.74) is 3.36. The SMILES string of the molecule is Cc1ccc([C@H](C)NC(=O)c2cc(S(=O)(=O)N3CCOCC3)ccc2Cl)c(C)c1. The highest BCUT2D eigenvalue weighted by atomic mass is 35.5. The predicted octanol–water partition coefficient (Wildman–Crippen LogP) is 3.47. The Morgan fingerprint density at radius 2 is 1.83 bits per heavy atom. The number of hydrogen-bond acceptors (Lipinski definition) is 4. The molecule has 0 aromatic heterocycles. The Morgan fingerprint density at radius 1 is 1.14 bits per heavy atom. The number of carbonyl (C=O) groups is 1. The third-order valence-corrected chi connectivity index (χ3v) is 7.25. The molecule has 6 nitrogen and oxygen atoms in total. The van der Waals surface area contributed by atoms with Crippen molar-refractivity contribution < 1.29 is 17.9 Å². The second-order valence-electron chi connectivity index (χ2n) is 7.21. The van der Waals surface area contributed by atoms with Gasteiger partial charge in [-0.1, -0.05) is 35.4 Å². The zero-order valence-electron chi connectivity index (χ0n) is 16.7. The lowest BCUT2D eigenvalue weighted by Crippen LogP contribution is -2.40. The minimum Gasteiger partial charge on any atom is -0.379 e. The molecule has 0 spiro atoms. The predicted molar refractivity (Wildman–Crippen MR) is 113 cm³/mol. The molecule has 156 valence electrons. The van der Waals surface area contributed by atoms with Crippen molar-refractivity contribution in [3.8, 4) is 0 Å². The van der Waals surface area contributed by atoms with Gasteiger partial charge in [-0.15, -0.1) is 0 Å². The summed E-state index contributed by atoms with van der Waals surface area (Å²) in [5.74, 6) is -0.415. The van der Waals surface area contributed by atoms with E-state index in [4.69, 9.17) is 16.3 Å². The second kappa shape index (κ2) is 8.83. The van der Waals surface area contributed by atoms with Crippen LogP contribution in [0.25, 0.3) is 0 Å². The van der Waals surface area contributed by atoms with Gasteiger partial charge in [0.2, 0.25) is 10.0 Å². The second-order valence-corrected chi connectivity index (χ2v) is 9.56. The summed E-state index contributed by atoms with van der Waals surface area (Å²) in [7, 11) is -3.71. The van der Waals surface area contributed by atoms with E-state index in [1.54, 1.807) is 0 Å². The fourth-order valence-corrected chi connectivity index (χ4v) is 5.08.